The van der Waals surface area contributed by atoms with Crippen LogP contribution in [0.15, 0.2) is 34.7 Å². The van der Waals surface area contributed by atoms with Crippen LogP contribution in [0.25, 0.3) is 0 Å². The molecule has 138 valence electrons. The highest BCUT2D eigenvalue weighted by Crippen LogP contribution is 2.25. The van der Waals surface area contributed by atoms with Crippen molar-refractivity contribution in [2.45, 2.75) is 11.3 Å². The summed E-state index contributed by atoms with van der Waals surface area (Å²) in [4.78, 5) is 34.7. The standard InChI is InChI=1S/C15H17N5O4S2/c1-2-24-12(22)8-16-11(21)9-25-15-20-19-14(26-15)18-13(23)17-10-6-4-3-5-7-10/h3-7H,2,8-9H2,1H3,(H,16,21)(H2,17,18,19,23). The molecule has 1 aromatic heterocycles. The number of anilines is 2. The van der Waals surface area contributed by atoms with Crippen LogP contribution in [0, 0.1) is 0 Å². The van der Waals surface area contributed by atoms with Crippen LogP contribution in [-0.2, 0) is 14.3 Å². The number of urea groups is 1. The molecule has 0 saturated heterocycles. The number of rotatable bonds is 8. The van der Waals surface area contributed by atoms with Crippen molar-refractivity contribution < 1.29 is 19.1 Å². The van der Waals surface area contributed by atoms with Gasteiger partial charge < -0.3 is 15.4 Å². The van der Waals surface area contributed by atoms with Crippen LogP contribution < -0.4 is 16.0 Å². The topological polar surface area (TPSA) is 122 Å². The maximum absolute atomic E-state index is 11.9. The number of carbonyl (C=O) groups is 3. The minimum Gasteiger partial charge on any atom is -0.465 e. The minimum atomic E-state index is -0.488. The number of hydrogen-bond acceptors (Lipinski definition) is 8. The van der Waals surface area contributed by atoms with Crippen LogP contribution in [0.2, 0.25) is 0 Å². The van der Waals surface area contributed by atoms with E-state index in [1.54, 1.807) is 19.1 Å². The van der Waals surface area contributed by atoms with Crippen molar-refractivity contribution in [1.29, 1.82) is 0 Å². The SMILES string of the molecule is CCOC(=O)CNC(=O)CSc1nnc(NC(=O)Nc2ccccc2)s1. The summed E-state index contributed by atoms with van der Waals surface area (Å²) in [6.45, 7) is 1.79. The predicted octanol–water partition coefficient (Wildman–Crippen LogP) is 1.95. The van der Waals surface area contributed by atoms with E-state index in [1.807, 2.05) is 18.2 Å². The van der Waals surface area contributed by atoms with Gasteiger partial charge in [0, 0.05) is 5.69 Å². The zero-order valence-electron chi connectivity index (χ0n) is 13.9. The molecule has 0 saturated carbocycles. The second-order valence-corrected chi connectivity index (χ2v) is 6.89. The molecule has 9 nitrogen and oxygen atoms in total. The lowest BCUT2D eigenvalue weighted by Gasteiger charge is -2.04. The second kappa shape index (κ2) is 10.4. The number of nitrogens with zero attached hydrogens (tertiary/aromatic N) is 2. The Balaban J connectivity index is 1.72. The molecule has 0 aliphatic carbocycles. The van der Waals surface area contributed by atoms with Crippen LogP contribution in [-0.4, -0.2) is 47.0 Å². The highest BCUT2D eigenvalue weighted by molar-refractivity contribution is 8.01. The Morgan fingerprint density at radius 2 is 1.92 bits per heavy atom. The average molecular weight is 395 g/mol. The van der Waals surface area contributed by atoms with Gasteiger partial charge in [-0.15, -0.1) is 10.2 Å². The smallest absolute Gasteiger partial charge is 0.325 e. The molecule has 0 fully saturated rings. The molecule has 0 atom stereocenters. The van der Waals surface area contributed by atoms with Gasteiger partial charge in [0.1, 0.15) is 6.54 Å². The molecule has 3 amide bonds. The molecule has 1 aromatic carbocycles. The van der Waals surface area contributed by atoms with Crippen molar-refractivity contribution in [2.24, 2.45) is 0 Å². The first kappa shape index (κ1) is 19.7. The fraction of sp³-hybridized carbons (Fsp3) is 0.267. The number of aromatic nitrogens is 2. The van der Waals surface area contributed by atoms with Crippen LogP contribution in [0.5, 0.6) is 0 Å². The Bertz CT molecular complexity index is 754. The van der Waals surface area contributed by atoms with Crippen molar-refractivity contribution in [2.75, 3.05) is 29.5 Å². The summed E-state index contributed by atoms with van der Waals surface area (Å²) in [5.41, 5.74) is 0.655. The van der Waals surface area contributed by atoms with Crippen molar-refractivity contribution in [3.63, 3.8) is 0 Å². The van der Waals surface area contributed by atoms with Crippen LogP contribution in [0.4, 0.5) is 15.6 Å². The third-order valence-corrected chi connectivity index (χ3v) is 4.69. The molecular formula is C15H17N5O4S2. The van der Waals surface area contributed by atoms with Gasteiger partial charge in [0.15, 0.2) is 4.34 Å². The predicted molar refractivity (Wildman–Crippen MR) is 99.4 cm³/mol. The number of carbonyl (C=O) groups excluding carboxylic acids is 3. The van der Waals surface area contributed by atoms with E-state index < -0.39 is 12.0 Å². The third kappa shape index (κ3) is 7.07. The van der Waals surface area contributed by atoms with E-state index in [0.717, 1.165) is 23.1 Å². The molecule has 0 unspecified atom stereocenters. The molecule has 1 heterocycles. The highest BCUT2D eigenvalue weighted by Gasteiger charge is 2.11. The molecule has 0 aliphatic rings. The monoisotopic (exact) mass is 395 g/mol. The number of esters is 1. The van der Waals surface area contributed by atoms with Crippen molar-refractivity contribution in [1.82, 2.24) is 15.5 Å². The molecule has 0 radical (unpaired) electrons. The van der Waals surface area contributed by atoms with E-state index in [1.165, 1.54) is 0 Å². The van der Waals surface area contributed by atoms with Gasteiger partial charge in [-0.05, 0) is 19.1 Å². The quantitative estimate of drug-likeness (QED) is 0.355. The van der Waals surface area contributed by atoms with Gasteiger partial charge in [-0.3, -0.25) is 14.9 Å². The maximum Gasteiger partial charge on any atom is 0.325 e. The number of benzene rings is 1. The largest absolute Gasteiger partial charge is 0.465 e. The lowest BCUT2D eigenvalue weighted by Crippen LogP contribution is -2.31. The minimum absolute atomic E-state index is 0.0737. The normalized spacial score (nSPS) is 10.0. The summed E-state index contributed by atoms with van der Waals surface area (Å²) < 4.78 is 5.23. The number of nitrogens with one attached hydrogen (secondary N) is 3. The van der Waals surface area contributed by atoms with E-state index in [0.29, 0.717) is 15.2 Å². The maximum atomic E-state index is 11.9. The summed E-state index contributed by atoms with van der Waals surface area (Å²) >= 11 is 2.30. The Morgan fingerprint density at radius 3 is 2.65 bits per heavy atom. The Labute approximate surface area is 157 Å². The van der Waals surface area contributed by atoms with Gasteiger partial charge >= 0.3 is 12.0 Å². The Kier molecular flexibility index (Phi) is 7.83. The average Bonchev–Trinajstić information content (AvgIpc) is 3.06. The zero-order chi connectivity index (χ0) is 18.8. The van der Waals surface area contributed by atoms with E-state index in [-0.39, 0.29) is 24.8 Å². The summed E-state index contributed by atoms with van der Waals surface area (Å²) in [7, 11) is 0. The van der Waals surface area contributed by atoms with Crippen LogP contribution >= 0.6 is 23.1 Å². The summed E-state index contributed by atoms with van der Waals surface area (Å²) in [6, 6.07) is 8.55. The van der Waals surface area contributed by atoms with Gasteiger partial charge in [-0.25, -0.2) is 4.79 Å². The van der Waals surface area contributed by atoms with E-state index in [4.69, 9.17) is 4.74 Å². The van der Waals surface area contributed by atoms with Gasteiger partial charge in [-0.2, -0.15) is 0 Å². The van der Waals surface area contributed by atoms with Gasteiger partial charge in [0.25, 0.3) is 0 Å². The molecule has 2 aromatic rings. The fourth-order valence-electron chi connectivity index (χ4n) is 1.66. The van der Waals surface area contributed by atoms with E-state index >= 15 is 0 Å². The second-order valence-electron chi connectivity index (χ2n) is 4.69. The molecule has 0 spiro atoms. The zero-order valence-corrected chi connectivity index (χ0v) is 15.5. The number of ether oxygens (including phenoxy) is 1. The fourth-order valence-corrected chi connectivity index (χ4v) is 3.24. The number of para-hydroxylation sites is 1. The summed E-state index contributed by atoms with van der Waals surface area (Å²) in [5.74, 6) is -0.739. The van der Waals surface area contributed by atoms with Crippen molar-refractivity contribution in [3.8, 4) is 0 Å². The Morgan fingerprint density at radius 1 is 1.15 bits per heavy atom. The molecule has 0 aliphatic heterocycles. The molecule has 11 heteroatoms. The first-order chi connectivity index (χ1) is 12.6. The van der Waals surface area contributed by atoms with Crippen molar-refractivity contribution in [3.05, 3.63) is 30.3 Å². The summed E-state index contributed by atoms with van der Waals surface area (Å²) in [5, 5.41) is 15.7. The highest BCUT2D eigenvalue weighted by atomic mass is 32.2. The molecular weight excluding hydrogens is 378 g/mol. The van der Waals surface area contributed by atoms with Gasteiger partial charge in [-0.1, -0.05) is 41.3 Å². The van der Waals surface area contributed by atoms with Crippen LogP contribution in [0.3, 0.4) is 0 Å². The number of amides is 3. The first-order valence-corrected chi connectivity index (χ1v) is 9.38. The van der Waals surface area contributed by atoms with E-state index in [2.05, 4.69) is 26.1 Å². The Hall–Kier alpha value is -2.66. The first-order valence-electron chi connectivity index (χ1n) is 7.58. The van der Waals surface area contributed by atoms with Crippen LogP contribution in [0.1, 0.15) is 6.92 Å². The molecule has 0 bridgehead atoms. The number of thioether (sulfide) groups is 1. The van der Waals surface area contributed by atoms with Gasteiger partial charge in [0.2, 0.25) is 11.0 Å². The number of hydrogen-bond donors (Lipinski definition) is 3. The molecule has 2 rings (SSSR count). The van der Waals surface area contributed by atoms with Gasteiger partial charge in [0.05, 0.1) is 12.4 Å². The lowest BCUT2D eigenvalue weighted by molar-refractivity contribution is -0.143. The lowest BCUT2D eigenvalue weighted by atomic mass is 10.3. The molecule has 26 heavy (non-hydrogen) atoms. The molecule has 3 N–H and O–H groups in total. The van der Waals surface area contributed by atoms with Crippen molar-refractivity contribution >= 4 is 51.8 Å². The third-order valence-electron chi connectivity index (χ3n) is 2.72. The van der Waals surface area contributed by atoms with E-state index in [9.17, 15) is 14.4 Å². The summed E-state index contributed by atoms with van der Waals surface area (Å²) in [6.07, 6.45) is 0.